The van der Waals surface area contributed by atoms with Crippen molar-refractivity contribution in [2.24, 2.45) is 0 Å². The van der Waals surface area contributed by atoms with Gasteiger partial charge < -0.3 is 20.3 Å². The van der Waals surface area contributed by atoms with Gasteiger partial charge in [-0.15, -0.1) is 0 Å². The Kier molecular flexibility index (Phi) is 6.68. The van der Waals surface area contributed by atoms with Crippen LogP contribution in [0.3, 0.4) is 0 Å². The first-order valence-corrected chi connectivity index (χ1v) is 8.55. The molecule has 0 aromatic rings. The first kappa shape index (κ1) is 19.2. The lowest BCUT2D eigenvalue weighted by molar-refractivity contribution is 0.0444. The Hall–Kier alpha value is -0.810. The van der Waals surface area contributed by atoms with Crippen LogP contribution in [-0.4, -0.2) is 54.4 Å². The van der Waals surface area contributed by atoms with Crippen molar-refractivity contribution in [3.63, 3.8) is 0 Å². The average Bonchev–Trinajstić information content (AvgIpc) is 2.72. The first-order valence-electron chi connectivity index (χ1n) is 8.55. The summed E-state index contributed by atoms with van der Waals surface area (Å²) in [6.07, 6.45) is 2.60. The maximum absolute atomic E-state index is 12.1. The minimum absolute atomic E-state index is 0.243. The van der Waals surface area contributed by atoms with Crippen molar-refractivity contribution in [1.82, 2.24) is 15.5 Å². The van der Waals surface area contributed by atoms with E-state index in [2.05, 4.69) is 43.4 Å². The predicted molar refractivity (Wildman–Crippen MR) is 91.2 cm³/mol. The van der Waals surface area contributed by atoms with Crippen LogP contribution in [0.25, 0.3) is 0 Å². The molecule has 1 heterocycles. The van der Waals surface area contributed by atoms with Crippen LogP contribution < -0.4 is 10.6 Å². The number of hydrogen-bond donors (Lipinski definition) is 2. The number of nitrogens with one attached hydrogen (secondary N) is 2. The van der Waals surface area contributed by atoms with Crippen LogP contribution in [0.2, 0.25) is 0 Å². The maximum atomic E-state index is 12.1. The topological polar surface area (TPSA) is 53.6 Å². The van der Waals surface area contributed by atoms with E-state index in [-0.39, 0.29) is 11.6 Å². The van der Waals surface area contributed by atoms with Crippen LogP contribution in [0.15, 0.2) is 0 Å². The molecule has 2 atom stereocenters. The summed E-state index contributed by atoms with van der Waals surface area (Å²) in [5.41, 5.74) is -0.707. The van der Waals surface area contributed by atoms with E-state index in [1.165, 1.54) is 0 Å². The van der Waals surface area contributed by atoms with E-state index in [0.29, 0.717) is 12.1 Å². The van der Waals surface area contributed by atoms with Crippen molar-refractivity contribution >= 4 is 6.09 Å². The smallest absolute Gasteiger partial charge is 0.408 e. The van der Waals surface area contributed by atoms with Gasteiger partial charge in [-0.2, -0.15) is 0 Å². The van der Waals surface area contributed by atoms with Gasteiger partial charge in [0.25, 0.3) is 0 Å². The Morgan fingerprint density at radius 3 is 2.27 bits per heavy atom. The number of alkyl carbamates (subject to hydrolysis) is 1. The molecule has 1 aliphatic heterocycles. The first-order chi connectivity index (χ1) is 10.1. The highest BCUT2D eigenvalue weighted by Crippen LogP contribution is 2.19. The summed E-state index contributed by atoms with van der Waals surface area (Å²) in [4.78, 5) is 14.5. The molecule has 1 amide bonds. The quantitative estimate of drug-likeness (QED) is 0.792. The highest BCUT2D eigenvalue weighted by atomic mass is 16.6. The van der Waals surface area contributed by atoms with Gasteiger partial charge >= 0.3 is 6.09 Å². The number of carbonyl (C=O) groups excluding carboxylic acids is 1. The number of carbonyl (C=O) groups is 1. The molecule has 2 unspecified atom stereocenters. The molecule has 0 spiro atoms. The van der Waals surface area contributed by atoms with Crippen molar-refractivity contribution < 1.29 is 9.53 Å². The van der Waals surface area contributed by atoms with Crippen LogP contribution >= 0.6 is 0 Å². The number of amides is 1. The van der Waals surface area contributed by atoms with Crippen LogP contribution in [0.4, 0.5) is 4.79 Å². The molecule has 5 heteroatoms. The summed E-state index contributed by atoms with van der Waals surface area (Å²) < 4.78 is 5.42. The third-order valence-corrected chi connectivity index (χ3v) is 4.74. The molecule has 1 rings (SSSR count). The summed E-state index contributed by atoms with van der Waals surface area (Å²) in [6, 6.07) is 1.12. The highest BCUT2D eigenvalue weighted by molar-refractivity contribution is 5.68. The van der Waals surface area contributed by atoms with Crippen LogP contribution in [0.5, 0.6) is 0 Å². The van der Waals surface area contributed by atoms with Crippen molar-refractivity contribution in [2.45, 2.75) is 84.0 Å². The zero-order chi connectivity index (χ0) is 17.0. The average molecular weight is 313 g/mol. The van der Waals surface area contributed by atoms with E-state index >= 15 is 0 Å². The van der Waals surface area contributed by atoms with Crippen molar-refractivity contribution in [1.29, 1.82) is 0 Å². The monoisotopic (exact) mass is 313 g/mol. The van der Waals surface area contributed by atoms with Gasteiger partial charge in [0.15, 0.2) is 0 Å². The summed E-state index contributed by atoms with van der Waals surface area (Å²) in [6.45, 7) is 14.0. The third-order valence-electron chi connectivity index (χ3n) is 4.74. The Morgan fingerprint density at radius 1 is 1.27 bits per heavy atom. The van der Waals surface area contributed by atoms with Gasteiger partial charge in [-0.3, -0.25) is 0 Å². The molecule has 1 fully saturated rings. The fraction of sp³-hybridized carbons (Fsp3) is 0.941. The van der Waals surface area contributed by atoms with Crippen molar-refractivity contribution in [3.05, 3.63) is 0 Å². The van der Waals surface area contributed by atoms with Crippen molar-refractivity contribution in [2.75, 3.05) is 20.1 Å². The van der Waals surface area contributed by atoms with E-state index in [9.17, 15) is 4.79 Å². The molecule has 1 aliphatic rings. The van der Waals surface area contributed by atoms with E-state index in [1.54, 1.807) is 0 Å². The minimum atomic E-state index is -0.464. The summed E-state index contributed by atoms with van der Waals surface area (Å²) in [5.74, 6) is 0. The largest absolute Gasteiger partial charge is 0.444 e. The Balaban J connectivity index is 2.57. The van der Waals surface area contributed by atoms with Gasteiger partial charge in [0, 0.05) is 25.2 Å². The molecule has 0 aromatic heterocycles. The van der Waals surface area contributed by atoms with Gasteiger partial charge in [-0.25, -0.2) is 4.79 Å². The van der Waals surface area contributed by atoms with Gasteiger partial charge in [-0.1, -0.05) is 13.8 Å². The number of rotatable bonds is 6. The van der Waals surface area contributed by atoms with Crippen LogP contribution in [0, 0.1) is 0 Å². The number of hydrogen-bond acceptors (Lipinski definition) is 4. The minimum Gasteiger partial charge on any atom is -0.444 e. The number of likely N-dealkylation sites (tertiary alicyclic amines) is 1. The van der Waals surface area contributed by atoms with Gasteiger partial charge in [0.2, 0.25) is 0 Å². The van der Waals surface area contributed by atoms with Crippen LogP contribution in [-0.2, 0) is 4.74 Å². The molecule has 2 N–H and O–H groups in total. The van der Waals surface area contributed by atoms with E-state index in [0.717, 1.165) is 32.4 Å². The lowest BCUT2D eigenvalue weighted by atomic mass is 9.92. The van der Waals surface area contributed by atoms with E-state index in [1.807, 2.05) is 20.8 Å². The Labute approximate surface area is 136 Å². The molecule has 0 aliphatic carbocycles. The molecule has 5 nitrogen and oxygen atoms in total. The molecular weight excluding hydrogens is 278 g/mol. The van der Waals surface area contributed by atoms with E-state index in [4.69, 9.17) is 4.74 Å². The zero-order valence-corrected chi connectivity index (χ0v) is 15.5. The van der Waals surface area contributed by atoms with Crippen molar-refractivity contribution in [3.8, 4) is 0 Å². The molecule has 130 valence electrons. The maximum Gasteiger partial charge on any atom is 0.408 e. The Morgan fingerprint density at radius 2 is 1.86 bits per heavy atom. The number of likely N-dealkylation sites (N-methyl/N-ethyl adjacent to an activating group) is 1. The molecule has 1 saturated heterocycles. The lowest BCUT2D eigenvalue weighted by Gasteiger charge is -2.35. The number of ether oxygens (including phenoxy) is 1. The van der Waals surface area contributed by atoms with Crippen LogP contribution in [0.1, 0.15) is 60.8 Å². The summed E-state index contributed by atoms with van der Waals surface area (Å²) in [5, 5.41) is 6.74. The zero-order valence-electron chi connectivity index (χ0n) is 15.5. The summed E-state index contributed by atoms with van der Waals surface area (Å²) in [7, 11) is 2.16. The fourth-order valence-electron chi connectivity index (χ4n) is 2.92. The highest BCUT2D eigenvalue weighted by Gasteiger charge is 2.33. The van der Waals surface area contributed by atoms with E-state index < -0.39 is 5.60 Å². The second-order valence-electron chi connectivity index (χ2n) is 7.72. The fourth-order valence-corrected chi connectivity index (χ4v) is 2.92. The molecule has 0 radical (unpaired) electrons. The number of nitrogens with zero attached hydrogens (tertiary/aromatic N) is 1. The molecule has 0 saturated carbocycles. The predicted octanol–water partition coefficient (Wildman–Crippen LogP) is 2.75. The Bertz CT molecular complexity index is 351. The molecule has 22 heavy (non-hydrogen) atoms. The second-order valence-corrected chi connectivity index (χ2v) is 7.72. The molecular formula is C17H35N3O2. The normalized spacial score (nSPS) is 23.6. The molecule has 0 aromatic carbocycles. The van der Waals surface area contributed by atoms with Gasteiger partial charge in [0.05, 0.1) is 5.54 Å². The summed E-state index contributed by atoms with van der Waals surface area (Å²) >= 11 is 0. The van der Waals surface area contributed by atoms with Gasteiger partial charge in [0.1, 0.15) is 5.60 Å². The standard InChI is InChI=1S/C17H35N3O2/c1-8-17(9-2,19-15(21)22-16(4,5)6)12-18-14-10-13(3)20(7)11-14/h13-14,18H,8-12H2,1-7H3,(H,19,21). The lowest BCUT2D eigenvalue weighted by Crippen LogP contribution is -2.56. The van der Waals surface area contributed by atoms with Gasteiger partial charge in [-0.05, 0) is 54.0 Å². The molecule has 0 bridgehead atoms. The third kappa shape index (κ3) is 5.76. The second kappa shape index (κ2) is 7.64. The SMILES string of the molecule is CCC(CC)(CNC1CC(C)N(C)C1)NC(=O)OC(C)(C)C.